The molecule has 2 unspecified atom stereocenters. The van der Waals surface area contributed by atoms with Gasteiger partial charge in [0.05, 0.1) is 12.0 Å². The SMILES string of the molecule is Cc1ccc(C2OCCCC2C(=O)Nc2nn[nH]n2)cc1. The summed E-state index contributed by atoms with van der Waals surface area (Å²) in [7, 11) is 0. The number of nitrogens with zero attached hydrogens (tertiary/aromatic N) is 3. The summed E-state index contributed by atoms with van der Waals surface area (Å²) in [5, 5.41) is 15.9. The maximum absolute atomic E-state index is 12.4. The number of carbonyl (C=O) groups is 1. The number of hydrogen-bond acceptors (Lipinski definition) is 5. The Morgan fingerprint density at radius 2 is 2.19 bits per heavy atom. The van der Waals surface area contributed by atoms with Gasteiger partial charge in [-0.15, -0.1) is 5.10 Å². The van der Waals surface area contributed by atoms with Crippen molar-refractivity contribution in [1.29, 1.82) is 0 Å². The summed E-state index contributed by atoms with van der Waals surface area (Å²) in [5.41, 5.74) is 2.20. The molecule has 0 aliphatic carbocycles. The van der Waals surface area contributed by atoms with Crippen LogP contribution >= 0.6 is 0 Å². The zero-order valence-corrected chi connectivity index (χ0v) is 11.7. The van der Waals surface area contributed by atoms with Gasteiger partial charge in [-0.2, -0.15) is 5.21 Å². The number of tetrazole rings is 1. The maximum Gasteiger partial charge on any atom is 0.269 e. The number of aromatic amines is 1. The van der Waals surface area contributed by atoms with E-state index in [1.54, 1.807) is 0 Å². The second-order valence-electron chi connectivity index (χ2n) is 5.18. The first kappa shape index (κ1) is 13.7. The fourth-order valence-electron chi connectivity index (χ4n) is 2.55. The normalized spacial score (nSPS) is 22.0. The molecule has 1 amide bonds. The molecule has 1 saturated heterocycles. The molecule has 0 bridgehead atoms. The lowest BCUT2D eigenvalue weighted by atomic mass is 9.88. The molecule has 2 aromatic rings. The molecule has 2 heterocycles. The van der Waals surface area contributed by atoms with Crippen LogP contribution in [0.1, 0.15) is 30.1 Å². The van der Waals surface area contributed by atoms with Crippen molar-refractivity contribution in [2.45, 2.75) is 25.9 Å². The van der Waals surface area contributed by atoms with Crippen LogP contribution in [0.4, 0.5) is 5.95 Å². The van der Waals surface area contributed by atoms with Crippen LogP contribution in [0.3, 0.4) is 0 Å². The minimum Gasteiger partial charge on any atom is -0.373 e. The van der Waals surface area contributed by atoms with Crippen LogP contribution in [0.15, 0.2) is 24.3 Å². The fraction of sp³-hybridized carbons (Fsp3) is 0.429. The average Bonchev–Trinajstić information content (AvgIpc) is 3.01. The van der Waals surface area contributed by atoms with Crippen molar-refractivity contribution < 1.29 is 9.53 Å². The lowest BCUT2D eigenvalue weighted by molar-refractivity contribution is -0.129. The van der Waals surface area contributed by atoms with E-state index >= 15 is 0 Å². The van der Waals surface area contributed by atoms with E-state index in [9.17, 15) is 4.79 Å². The van der Waals surface area contributed by atoms with E-state index in [0.29, 0.717) is 6.61 Å². The highest BCUT2D eigenvalue weighted by atomic mass is 16.5. The molecular formula is C14H17N5O2. The molecule has 1 aliphatic rings. The van der Waals surface area contributed by atoms with Gasteiger partial charge in [-0.25, -0.2) is 0 Å². The lowest BCUT2D eigenvalue weighted by Gasteiger charge is -2.30. The topological polar surface area (TPSA) is 92.8 Å². The third-order valence-corrected chi connectivity index (χ3v) is 3.65. The van der Waals surface area contributed by atoms with E-state index < -0.39 is 0 Å². The molecule has 0 radical (unpaired) electrons. The largest absolute Gasteiger partial charge is 0.373 e. The Bertz CT molecular complexity index is 596. The summed E-state index contributed by atoms with van der Waals surface area (Å²) in [6.45, 7) is 2.70. The lowest BCUT2D eigenvalue weighted by Crippen LogP contribution is -2.33. The Labute approximate surface area is 122 Å². The van der Waals surface area contributed by atoms with E-state index in [1.165, 1.54) is 5.56 Å². The van der Waals surface area contributed by atoms with Crippen LogP contribution in [0, 0.1) is 12.8 Å². The Hall–Kier alpha value is -2.28. The predicted molar refractivity (Wildman–Crippen MR) is 75.4 cm³/mol. The van der Waals surface area contributed by atoms with Gasteiger partial charge in [-0.1, -0.05) is 34.9 Å². The van der Waals surface area contributed by atoms with Gasteiger partial charge in [0.1, 0.15) is 0 Å². The van der Waals surface area contributed by atoms with Crippen LogP contribution in [0.2, 0.25) is 0 Å². The zero-order chi connectivity index (χ0) is 14.7. The van der Waals surface area contributed by atoms with E-state index in [1.807, 2.05) is 31.2 Å². The Balaban J connectivity index is 1.77. The highest BCUT2D eigenvalue weighted by Crippen LogP contribution is 2.34. The molecule has 1 fully saturated rings. The van der Waals surface area contributed by atoms with Crippen molar-refractivity contribution >= 4 is 11.9 Å². The van der Waals surface area contributed by atoms with Crippen LogP contribution in [-0.2, 0) is 9.53 Å². The quantitative estimate of drug-likeness (QED) is 0.894. The van der Waals surface area contributed by atoms with Gasteiger partial charge in [0, 0.05) is 6.61 Å². The maximum atomic E-state index is 12.4. The van der Waals surface area contributed by atoms with E-state index in [4.69, 9.17) is 4.74 Å². The molecular weight excluding hydrogens is 270 g/mol. The van der Waals surface area contributed by atoms with Gasteiger partial charge >= 0.3 is 0 Å². The van der Waals surface area contributed by atoms with Crippen LogP contribution in [0.25, 0.3) is 0 Å². The second-order valence-corrected chi connectivity index (χ2v) is 5.18. The molecule has 110 valence electrons. The average molecular weight is 287 g/mol. The molecule has 0 spiro atoms. The van der Waals surface area contributed by atoms with Gasteiger partial charge < -0.3 is 4.74 Å². The molecule has 2 atom stereocenters. The van der Waals surface area contributed by atoms with E-state index in [0.717, 1.165) is 18.4 Å². The first-order valence-corrected chi connectivity index (χ1v) is 6.96. The van der Waals surface area contributed by atoms with Gasteiger partial charge in [-0.05, 0) is 30.5 Å². The standard InChI is InChI=1S/C14H17N5O2/c1-9-4-6-10(7-5-9)12-11(3-2-8-21-12)13(20)15-14-16-18-19-17-14/h4-7,11-12H,2-3,8H2,1H3,(H2,15,16,17,18,19,20). The summed E-state index contributed by atoms with van der Waals surface area (Å²) >= 11 is 0. The summed E-state index contributed by atoms with van der Waals surface area (Å²) < 4.78 is 5.83. The third-order valence-electron chi connectivity index (χ3n) is 3.65. The molecule has 21 heavy (non-hydrogen) atoms. The molecule has 7 heteroatoms. The summed E-state index contributed by atoms with van der Waals surface area (Å²) in [5.74, 6) is -0.199. The van der Waals surface area contributed by atoms with Gasteiger partial charge in [0.25, 0.3) is 5.95 Å². The van der Waals surface area contributed by atoms with E-state index in [2.05, 4.69) is 25.9 Å². The van der Waals surface area contributed by atoms with Crippen LogP contribution in [0.5, 0.6) is 0 Å². The number of aryl methyl sites for hydroxylation is 1. The minimum atomic E-state index is -0.250. The molecule has 2 N–H and O–H groups in total. The van der Waals surface area contributed by atoms with Crippen LogP contribution in [-0.4, -0.2) is 33.1 Å². The van der Waals surface area contributed by atoms with Crippen molar-refractivity contribution in [3.8, 4) is 0 Å². The molecule has 0 saturated carbocycles. The number of benzene rings is 1. The summed E-state index contributed by atoms with van der Waals surface area (Å²) in [6, 6.07) is 8.09. The molecule has 7 nitrogen and oxygen atoms in total. The summed E-state index contributed by atoms with van der Waals surface area (Å²) in [6.07, 6.45) is 1.42. The smallest absolute Gasteiger partial charge is 0.269 e. The Kier molecular flexibility index (Phi) is 3.92. The predicted octanol–water partition coefficient (Wildman–Crippen LogP) is 1.61. The highest BCUT2D eigenvalue weighted by Gasteiger charge is 2.33. The molecule has 1 aliphatic heterocycles. The summed E-state index contributed by atoms with van der Waals surface area (Å²) in [4.78, 5) is 12.4. The number of amides is 1. The van der Waals surface area contributed by atoms with Gasteiger partial charge in [-0.3, -0.25) is 10.1 Å². The van der Waals surface area contributed by atoms with Crippen molar-refractivity contribution in [2.75, 3.05) is 11.9 Å². The van der Waals surface area contributed by atoms with E-state index in [-0.39, 0.29) is 23.9 Å². The number of ether oxygens (including phenoxy) is 1. The number of aromatic nitrogens is 4. The van der Waals surface area contributed by atoms with Gasteiger partial charge in [0.15, 0.2) is 0 Å². The third kappa shape index (κ3) is 3.08. The van der Waals surface area contributed by atoms with Crippen molar-refractivity contribution in [3.05, 3.63) is 35.4 Å². The monoisotopic (exact) mass is 287 g/mol. The van der Waals surface area contributed by atoms with Crippen molar-refractivity contribution in [1.82, 2.24) is 20.6 Å². The first-order chi connectivity index (χ1) is 10.2. The molecule has 3 rings (SSSR count). The molecule has 1 aromatic carbocycles. The van der Waals surface area contributed by atoms with Crippen LogP contribution < -0.4 is 5.32 Å². The van der Waals surface area contributed by atoms with Crippen molar-refractivity contribution in [3.63, 3.8) is 0 Å². The Morgan fingerprint density at radius 3 is 2.90 bits per heavy atom. The van der Waals surface area contributed by atoms with Crippen molar-refractivity contribution in [2.24, 2.45) is 5.92 Å². The Morgan fingerprint density at radius 1 is 1.38 bits per heavy atom. The number of hydrogen-bond donors (Lipinski definition) is 2. The number of carbonyl (C=O) groups excluding carboxylic acids is 1. The number of nitrogens with one attached hydrogen (secondary N) is 2. The fourth-order valence-corrected chi connectivity index (χ4v) is 2.55. The number of anilines is 1. The second kappa shape index (κ2) is 6.01. The molecule has 1 aromatic heterocycles. The number of H-pyrrole nitrogens is 1. The zero-order valence-electron chi connectivity index (χ0n) is 11.7. The minimum absolute atomic E-state index is 0.137. The van der Waals surface area contributed by atoms with Gasteiger partial charge in [0.2, 0.25) is 5.91 Å². The first-order valence-electron chi connectivity index (χ1n) is 6.96. The highest BCUT2D eigenvalue weighted by molar-refractivity contribution is 5.91. The number of rotatable bonds is 3.